The Labute approximate surface area is 166 Å². The van der Waals surface area contributed by atoms with Crippen LogP contribution in [-0.2, 0) is 11.6 Å². The summed E-state index contributed by atoms with van der Waals surface area (Å²) in [5, 5.41) is 27.2. The lowest BCUT2D eigenvalue weighted by atomic mass is 9.86. The zero-order valence-corrected chi connectivity index (χ0v) is 16.4. The van der Waals surface area contributed by atoms with E-state index in [1.165, 1.54) is 6.07 Å². The molecule has 0 fully saturated rings. The first kappa shape index (κ1) is 22.5. The number of hydrogen-bond donors (Lipinski definition) is 3. The van der Waals surface area contributed by atoms with Crippen molar-refractivity contribution in [1.29, 1.82) is 0 Å². The molecule has 2 rings (SSSR count). The predicted molar refractivity (Wildman–Crippen MR) is 104 cm³/mol. The molecule has 0 amide bonds. The van der Waals surface area contributed by atoms with Crippen LogP contribution < -0.4 is 10.5 Å². The fraction of sp³-hybridized carbons (Fsp3) is 0.400. The second-order valence-electron chi connectivity index (χ2n) is 7.49. The fourth-order valence-electron chi connectivity index (χ4n) is 2.49. The number of halogens is 3. The summed E-state index contributed by atoms with van der Waals surface area (Å²) in [6.45, 7) is 5.86. The highest BCUT2D eigenvalue weighted by Crippen LogP contribution is 2.42. The molecular formula is C20H24F3N3O3. The van der Waals surface area contributed by atoms with Gasteiger partial charge in [0.1, 0.15) is 22.9 Å². The molecule has 0 saturated heterocycles. The molecule has 4 N–H and O–H groups in total. The maximum Gasteiger partial charge on any atom is 0.416 e. The Kier molecular flexibility index (Phi) is 6.73. The average Bonchev–Trinajstić information content (AvgIpc) is 2.61. The summed E-state index contributed by atoms with van der Waals surface area (Å²) in [5.41, 5.74) is 4.78. The van der Waals surface area contributed by atoms with Crippen LogP contribution in [0.25, 0.3) is 0 Å². The Morgan fingerprint density at radius 2 is 1.69 bits per heavy atom. The quantitative estimate of drug-likeness (QED) is 0.333. The second-order valence-corrected chi connectivity index (χ2v) is 7.49. The molecule has 0 bridgehead atoms. The third-order valence-electron chi connectivity index (χ3n) is 4.07. The van der Waals surface area contributed by atoms with E-state index in [1.807, 2.05) is 20.8 Å². The van der Waals surface area contributed by atoms with E-state index >= 15 is 0 Å². The third kappa shape index (κ3) is 5.83. The maximum atomic E-state index is 12.9. The molecule has 0 heterocycles. The molecule has 2 aromatic carbocycles. The number of aromatic hydroxyl groups is 1. The summed E-state index contributed by atoms with van der Waals surface area (Å²) in [6, 6.07) is 5.84. The average molecular weight is 411 g/mol. The van der Waals surface area contributed by atoms with E-state index in [1.54, 1.807) is 6.07 Å². The SMILES string of the molecule is CC(C)(C)c1cc(OCCCO)cc(N=Nc2cc(C(F)(F)F)ccc2N)c1O. The van der Waals surface area contributed by atoms with E-state index in [0.29, 0.717) is 17.7 Å². The van der Waals surface area contributed by atoms with Crippen LogP contribution in [-0.4, -0.2) is 23.4 Å². The molecule has 158 valence electrons. The molecule has 2 aromatic rings. The number of rotatable bonds is 6. The number of nitrogens with two attached hydrogens (primary N) is 1. The first-order chi connectivity index (χ1) is 13.4. The van der Waals surface area contributed by atoms with Gasteiger partial charge >= 0.3 is 6.18 Å². The largest absolute Gasteiger partial charge is 0.505 e. The van der Waals surface area contributed by atoms with Crippen LogP contribution in [0.2, 0.25) is 0 Å². The van der Waals surface area contributed by atoms with Crippen molar-refractivity contribution in [2.24, 2.45) is 10.2 Å². The summed E-state index contributed by atoms with van der Waals surface area (Å²) >= 11 is 0. The van der Waals surface area contributed by atoms with Crippen molar-refractivity contribution in [3.8, 4) is 11.5 Å². The lowest BCUT2D eigenvalue weighted by molar-refractivity contribution is -0.137. The van der Waals surface area contributed by atoms with Gasteiger partial charge in [-0.2, -0.15) is 13.2 Å². The minimum atomic E-state index is -4.54. The topological polar surface area (TPSA) is 100 Å². The number of anilines is 1. The van der Waals surface area contributed by atoms with Gasteiger partial charge in [-0.1, -0.05) is 20.8 Å². The zero-order chi connectivity index (χ0) is 21.8. The number of ether oxygens (including phenoxy) is 1. The number of benzene rings is 2. The Morgan fingerprint density at radius 1 is 1.03 bits per heavy atom. The summed E-state index contributed by atoms with van der Waals surface area (Å²) < 4.78 is 44.3. The van der Waals surface area contributed by atoms with Crippen LogP contribution in [0.1, 0.15) is 38.3 Å². The van der Waals surface area contributed by atoms with Crippen molar-refractivity contribution in [2.45, 2.75) is 38.8 Å². The smallest absolute Gasteiger partial charge is 0.416 e. The highest BCUT2D eigenvalue weighted by atomic mass is 19.4. The van der Waals surface area contributed by atoms with Crippen LogP contribution in [0.15, 0.2) is 40.6 Å². The van der Waals surface area contributed by atoms with Crippen LogP contribution in [0.5, 0.6) is 11.5 Å². The van der Waals surface area contributed by atoms with Gasteiger partial charge in [0.15, 0.2) is 0 Å². The summed E-state index contributed by atoms with van der Waals surface area (Å²) in [4.78, 5) is 0. The van der Waals surface area contributed by atoms with Gasteiger partial charge in [-0.3, -0.25) is 0 Å². The molecule has 0 atom stereocenters. The minimum absolute atomic E-state index is 0.0210. The van der Waals surface area contributed by atoms with Gasteiger partial charge in [-0.15, -0.1) is 10.2 Å². The molecule has 0 aliphatic heterocycles. The highest BCUT2D eigenvalue weighted by Gasteiger charge is 2.31. The Hall–Kier alpha value is -2.81. The molecule has 6 nitrogen and oxygen atoms in total. The molecule has 0 unspecified atom stereocenters. The first-order valence-electron chi connectivity index (χ1n) is 8.93. The summed E-state index contributed by atoms with van der Waals surface area (Å²) in [7, 11) is 0. The predicted octanol–water partition coefficient (Wildman–Crippen LogP) is 5.47. The van der Waals surface area contributed by atoms with Gasteiger partial charge in [0, 0.05) is 24.7 Å². The van der Waals surface area contributed by atoms with E-state index in [4.69, 9.17) is 15.6 Å². The summed E-state index contributed by atoms with van der Waals surface area (Å²) in [5.74, 6) is 0.244. The maximum absolute atomic E-state index is 12.9. The molecule has 29 heavy (non-hydrogen) atoms. The number of azo groups is 1. The van der Waals surface area contributed by atoms with E-state index in [-0.39, 0.29) is 36.0 Å². The monoisotopic (exact) mass is 411 g/mol. The number of aliphatic hydroxyl groups is 1. The summed E-state index contributed by atoms with van der Waals surface area (Å²) in [6.07, 6.45) is -4.12. The molecule has 0 aliphatic rings. The van der Waals surface area contributed by atoms with Gasteiger partial charge in [-0.05, 0) is 29.7 Å². The van der Waals surface area contributed by atoms with Gasteiger partial charge in [0.25, 0.3) is 0 Å². The van der Waals surface area contributed by atoms with Crippen LogP contribution in [0.3, 0.4) is 0 Å². The van der Waals surface area contributed by atoms with Gasteiger partial charge in [0.2, 0.25) is 0 Å². The van der Waals surface area contributed by atoms with Gasteiger partial charge < -0.3 is 20.7 Å². The molecule has 0 saturated carbocycles. The second kappa shape index (κ2) is 8.69. The zero-order valence-electron chi connectivity index (χ0n) is 16.4. The Bertz CT molecular complexity index is 891. The van der Waals surface area contributed by atoms with Crippen molar-refractivity contribution in [3.63, 3.8) is 0 Å². The van der Waals surface area contributed by atoms with Gasteiger partial charge in [0.05, 0.1) is 17.9 Å². The lowest BCUT2D eigenvalue weighted by Crippen LogP contribution is -2.12. The number of alkyl halides is 3. The minimum Gasteiger partial charge on any atom is -0.505 e. The van der Waals surface area contributed by atoms with Crippen molar-refractivity contribution >= 4 is 17.1 Å². The lowest BCUT2D eigenvalue weighted by Gasteiger charge is -2.22. The molecular weight excluding hydrogens is 387 g/mol. The van der Waals surface area contributed by atoms with Crippen molar-refractivity contribution in [2.75, 3.05) is 18.9 Å². The molecule has 0 aliphatic carbocycles. The number of phenolic OH excluding ortho intramolecular Hbond substituents is 1. The molecule has 0 aromatic heterocycles. The number of nitrogen functional groups attached to an aromatic ring is 1. The number of hydrogen-bond acceptors (Lipinski definition) is 6. The highest BCUT2D eigenvalue weighted by molar-refractivity contribution is 5.65. The van der Waals surface area contributed by atoms with Crippen molar-refractivity contribution < 1.29 is 28.1 Å². The van der Waals surface area contributed by atoms with E-state index < -0.39 is 17.2 Å². The van der Waals surface area contributed by atoms with Crippen molar-refractivity contribution in [3.05, 3.63) is 41.5 Å². The van der Waals surface area contributed by atoms with Crippen LogP contribution in [0.4, 0.5) is 30.2 Å². The number of nitrogens with zero attached hydrogens (tertiary/aromatic N) is 2. The van der Waals surface area contributed by atoms with E-state index in [0.717, 1.165) is 18.2 Å². The van der Waals surface area contributed by atoms with Crippen LogP contribution >= 0.6 is 0 Å². The first-order valence-corrected chi connectivity index (χ1v) is 8.93. The van der Waals surface area contributed by atoms with Crippen molar-refractivity contribution in [1.82, 2.24) is 0 Å². The normalized spacial score (nSPS) is 12.5. The molecule has 0 radical (unpaired) electrons. The third-order valence-corrected chi connectivity index (χ3v) is 4.07. The van der Waals surface area contributed by atoms with E-state index in [2.05, 4.69) is 10.2 Å². The fourth-order valence-corrected chi connectivity index (χ4v) is 2.49. The Balaban J connectivity index is 2.47. The van der Waals surface area contributed by atoms with E-state index in [9.17, 15) is 18.3 Å². The van der Waals surface area contributed by atoms with Crippen LogP contribution in [0, 0.1) is 0 Å². The number of aliphatic hydroxyl groups excluding tert-OH is 1. The molecule has 0 spiro atoms. The van der Waals surface area contributed by atoms with Gasteiger partial charge in [-0.25, -0.2) is 0 Å². The number of phenols is 1. The Morgan fingerprint density at radius 3 is 2.28 bits per heavy atom. The standard InChI is InChI=1S/C20H24F3N3O3/c1-19(2,3)14-10-13(29-8-4-7-27)11-17(18(14)28)26-25-16-9-12(20(21,22)23)5-6-15(16)24/h5-6,9-11,27-28H,4,7-8,24H2,1-3H3. The molecule has 9 heteroatoms.